The molecule has 1 heterocycles. The maximum atomic E-state index is 13.5. The number of benzene rings is 3. The molecule has 0 radical (unpaired) electrons. The minimum absolute atomic E-state index is 0.151. The lowest BCUT2D eigenvalue weighted by molar-refractivity contribution is -0.124. The van der Waals surface area contributed by atoms with Gasteiger partial charge in [0, 0.05) is 12.2 Å². The first kappa shape index (κ1) is 24.0. The van der Waals surface area contributed by atoms with Gasteiger partial charge in [-0.3, -0.25) is 14.5 Å². The average Bonchev–Trinajstić information content (AvgIpc) is 3.09. The molecule has 1 fully saturated rings. The Hall–Kier alpha value is -4.11. The number of ether oxygens (including phenoxy) is 1. The third kappa shape index (κ3) is 5.36. The lowest BCUT2D eigenvalue weighted by Gasteiger charge is -2.24. The lowest BCUT2D eigenvalue weighted by Crippen LogP contribution is -2.37. The van der Waals surface area contributed by atoms with Crippen molar-refractivity contribution >= 4 is 46.5 Å². The Labute approximate surface area is 207 Å². The highest BCUT2D eigenvalue weighted by Gasteiger charge is 2.44. The molecule has 0 aliphatic carbocycles. The van der Waals surface area contributed by atoms with Crippen molar-refractivity contribution in [2.24, 2.45) is 0 Å². The SMILES string of the molecule is COC(=O)c1ccc(NC(=O)C[C@@H]2C(=O)N(c3ccc(F)cc3)C(=S)N2Cc2ccccc2)cc1. The van der Waals surface area contributed by atoms with Crippen LogP contribution in [0.2, 0.25) is 0 Å². The van der Waals surface area contributed by atoms with Crippen molar-refractivity contribution in [1.82, 2.24) is 4.90 Å². The van der Waals surface area contributed by atoms with Gasteiger partial charge in [-0.15, -0.1) is 0 Å². The van der Waals surface area contributed by atoms with Gasteiger partial charge in [0.05, 0.1) is 24.8 Å². The van der Waals surface area contributed by atoms with Crippen molar-refractivity contribution in [3.63, 3.8) is 0 Å². The number of methoxy groups -OCH3 is 1. The molecule has 9 heteroatoms. The zero-order chi connectivity index (χ0) is 24.9. The lowest BCUT2D eigenvalue weighted by atomic mass is 10.1. The molecule has 35 heavy (non-hydrogen) atoms. The zero-order valence-corrected chi connectivity index (χ0v) is 19.6. The summed E-state index contributed by atoms with van der Waals surface area (Å²) in [5.74, 6) is -1.67. The van der Waals surface area contributed by atoms with E-state index in [4.69, 9.17) is 12.2 Å². The molecule has 3 aromatic rings. The van der Waals surface area contributed by atoms with Crippen molar-refractivity contribution in [2.75, 3.05) is 17.3 Å². The molecule has 1 aliphatic rings. The molecule has 1 saturated heterocycles. The normalized spacial score (nSPS) is 15.3. The average molecular weight is 492 g/mol. The highest BCUT2D eigenvalue weighted by molar-refractivity contribution is 7.80. The molecule has 1 atom stereocenters. The number of amides is 2. The summed E-state index contributed by atoms with van der Waals surface area (Å²) in [7, 11) is 1.29. The predicted octanol–water partition coefficient (Wildman–Crippen LogP) is 4.14. The molecule has 2 amide bonds. The Balaban J connectivity index is 1.55. The van der Waals surface area contributed by atoms with Gasteiger partial charge in [-0.25, -0.2) is 9.18 Å². The molecule has 0 aromatic heterocycles. The number of carbonyl (C=O) groups excluding carboxylic acids is 3. The topological polar surface area (TPSA) is 78.9 Å². The van der Waals surface area contributed by atoms with Crippen LogP contribution in [0.4, 0.5) is 15.8 Å². The van der Waals surface area contributed by atoms with Crippen LogP contribution in [0.15, 0.2) is 78.9 Å². The maximum Gasteiger partial charge on any atom is 0.337 e. The third-order valence-electron chi connectivity index (χ3n) is 5.57. The smallest absolute Gasteiger partial charge is 0.337 e. The summed E-state index contributed by atoms with van der Waals surface area (Å²) >= 11 is 5.62. The summed E-state index contributed by atoms with van der Waals surface area (Å²) in [6.07, 6.45) is -0.151. The quantitative estimate of drug-likeness (QED) is 0.395. The molecule has 178 valence electrons. The highest BCUT2D eigenvalue weighted by Crippen LogP contribution is 2.29. The van der Waals surface area contributed by atoms with Gasteiger partial charge in [-0.05, 0) is 66.3 Å². The van der Waals surface area contributed by atoms with Crippen molar-refractivity contribution in [3.8, 4) is 0 Å². The highest BCUT2D eigenvalue weighted by atomic mass is 32.1. The van der Waals surface area contributed by atoms with Crippen molar-refractivity contribution in [1.29, 1.82) is 0 Å². The number of hydrogen-bond donors (Lipinski definition) is 1. The van der Waals surface area contributed by atoms with Crippen LogP contribution in [-0.2, 0) is 20.9 Å². The number of rotatable bonds is 7. The molecule has 1 aliphatic heterocycles. The summed E-state index contributed by atoms with van der Waals surface area (Å²) in [6.45, 7) is 0.328. The Morgan fingerprint density at radius 3 is 2.29 bits per heavy atom. The van der Waals surface area contributed by atoms with Crippen LogP contribution in [0.25, 0.3) is 0 Å². The van der Waals surface area contributed by atoms with Crippen LogP contribution < -0.4 is 10.2 Å². The largest absolute Gasteiger partial charge is 0.465 e. The second-order valence-corrected chi connectivity index (χ2v) is 8.25. The Bertz CT molecular complexity index is 1250. The van der Waals surface area contributed by atoms with E-state index in [-0.39, 0.29) is 17.4 Å². The molecule has 4 rings (SSSR count). The van der Waals surface area contributed by atoms with E-state index in [0.29, 0.717) is 23.5 Å². The minimum atomic E-state index is -0.845. The molecule has 7 nitrogen and oxygen atoms in total. The number of esters is 1. The van der Waals surface area contributed by atoms with Crippen LogP contribution in [0, 0.1) is 5.82 Å². The molecular weight excluding hydrogens is 469 g/mol. The van der Waals surface area contributed by atoms with E-state index in [2.05, 4.69) is 10.1 Å². The standard InChI is InChI=1S/C26H22FN3O4S/c1-34-25(33)18-7-11-20(12-8-18)28-23(31)15-22-24(32)30(21-13-9-19(27)10-14-21)26(35)29(22)16-17-5-3-2-4-6-17/h2-14,22H,15-16H2,1H3,(H,28,31)/t22-/m1/s1. The monoisotopic (exact) mass is 491 g/mol. The van der Waals surface area contributed by atoms with Gasteiger partial charge in [0.2, 0.25) is 5.91 Å². The number of hydrogen-bond acceptors (Lipinski definition) is 5. The molecule has 0 spiro atoms. The third-order valence-corrected chi connectivity index (χ3v) is 5.98. The number of carbonyl (C=O) groups is 3. The number of anilines is 2. The zero-order valence-electron chi connectivity index (χ0n) is 18.8. The van der Waals surface area contributed by atoms with Gasteiger partial charge in [0.15, 0.2) is 5.11 Å². The van der Waals surface area contributed by atoms with E-state index >= 15 is 0 Å². The second kappa shape index (κ2) is 10.4. The second-order valence-electron chi connectivity index (χ2n) is 7.88. The summed E-state index contributed by atoms with van der Waals surface area (Å²) < 4.78 is 18.1. The van der Waals surface area contributed by atoms with E-state index in [1.165, 1.54) is 48.4 Å². The van der Waals surface area contributed by atoms with Gasteiger partial charge >= 0.3 is 5.97 Å². The fourth-order valence-corrected chi connectivity index (χ4v) is 4.20. The fraction of sp³-hybridized carbons (Fsp3) is 0.154. The molecule has 0 unspecified atom stereocenters. The van der Waals surface area contributed by atoms with E-state index in [1.807, 2.05) is 30.3 Å². The van der Waals surface area contributed by atoms with E-state index < -0.39 is 23.7 Å². The van der Waals surface area contributed by atoms with Crippen molar-refractivity contribution in [3.05, 3.63) is 95.8 Å². The molecule has 0 bridgehead atoms. The number of thiocarbonyl (C=S) groups is 1. The maximum absolute atomic E-state index is 13.5. The molecule has 1 N–H and O–H groups in total. The molecular formula is C26H22FN3O4S. The molecule has 0 saturated carbocycles. The van der Waals surface area contributed by atoms with Crippen LogP contribution >= 0.6 is 12.2 Å². The number of nitrogens with zero attached hydrogens (tertiary/aromatic N) is 2. The van der Waals surface area contributed by atoms with Gasteiger partial charge in [0.25, 0.3) is 5.91 Å². The Morgan fingerprint density at radius 1 is 1.00 bits per heavy atom. The Kier molecular flexibility index (Phi) is 7.17. The first-order valence-electron chi connectivity index (χ1n) is 10.8. The van der Waals surface area contributed by atoms with Gasteiger partial charge < -0.3 is 15.0 Å². The summed E-state index contributed by atoms with van der Waals surface area (Å²) in [6, 6.07) is 20.3. The minimum Gasteiger partial charge on any atom is -0.465 e. The summed E-state index contributed by atoms with van der Waals surface area (Å²) in [5, 5.41) is 2.99. The van der Waals surface area contributed by atoms with Crippen molar-refractivity contribution in [2.45, 2.75) is 19.0 Å². The number of nitrogens with one attached hydrogen (secondary N) is 1. The van der Waals surface area contributed by atoms with E-state index in [0.717, 1.165) is 5.56 Å². The van der Waals surface area contributed by atoms with Crippen LogP contribution in [0.1, 0.15) is 22.3 Å². The fourth-order valence-electron chi connectivity index (χ4n) is 3.82. The van der Waals surface area contributed by atoms with Gasteiger partial charge in [-0.2, -0.15) is 0 Å². The van der Waals surface area contributed by atoms with Crippen LogP contribution in [-0.4, -0.2) is 40.9 Å². The van der Waals surface area contributed by atoms with Crippen LogP contribution in [0.5, 0.6) is 0 Å². The first-order chi connectivity index (χ1) is 16.9. The summed E-state index contributed by atoms with van der Waals surface area (Å²) in [4.78, 5) is 40.9. The van der Waals surface area contributed by atoms with E-state index in [9.17, 15) is 18.8 Å². The summed E-state index contributed by atoms with van der Waals surface area (Å²) in [5.41, 5.74) is 2.18. The molecule has 3 aromatic carbocycles. The van der Waals surface area contributed by atoms with Gasteiger partial charge in [0.1, 0.15) is 11.9 Å². The van der Waals surface area contributed by atoms with Gasteiger partial charge in [-0.1, -0.05) is 30.3 Å². The Morgan fingerprint density at radius 2 is 1.66 bits per heavy atom. The van der Waals surface area contributed by atoms with Crippen LogP contribution in [0.3, 0.4) is 0 Å². The van der Waals surface area contributed by atoms with Crippen molar-refractivity contribution < 1.29 is 23.5 Å². The number of halogens is 1. The predicted molar refractivity (Wildman–Crippen MR) is 133 cm³/mol. The first-order valence-corrected chi connectivity index (χ1v) is 11.2. The van der Waals surface area contributed by atoms with E-state index in [1.54, 1.807) is 17.0 Å².